The van der Waals surface area contributed by atoms with Gasteiger partial charge in [-0.2, -0.15) is 0 Å². The summed E-state index contributed by atoms with van der Waals surface area (Å²) in [5, 5.41) is 2.06. The van der Waals surface area contributed by atoms with Crippen molar-refractivity contribution in [1.82, 2.24) is 9.97 Å². The van der Waals surface area contributed by atoms with Crippen molar-refractivity contribution in [3.05, 3.63) is 170 Å². The molecule has 7 aromatic carbocycles. The minimum atomic E-state index is -0.171. The van der Waals surface area contributed by atoms with Crippen LogP contribution < -0.4 is 4.74 Å². The zero-order valence-electron chi connectivity index (χ0n) is 29.2. The van der Waals surface area contributed by atoms with Gasteiger partial charge in [-0.3, -0.25) is 0 Å². The Balaban J connectivity index is 1.18. The van der Waals surface area contributed by atoms with E-state index in [1.807, 2.05) is 121 Å². The predicted octanol–water partition coefficient (Wildman–Crippen LogP) is 11.7. The molecule has 0 fully saturated rings. The summed E-state index contributed by atoms with van der Waals surface area (Å²) in [4.78, 5) is 9.74. The van der Waals surface area contributed by atoms with Crippen molar-refractivity contribution in [1.29, 1.82) is 0 Å². The van der Waals surface area contributed by atoms with Crippen molar-refractivity contribution in [2.75, 3.05) is 0 Å². The van der Waals surface area contributed by atoms with Crippen molar-refractivity contribution in [2.24, 2.45) is 0 Å². The first-order valence-electron chi connectivity index (χ1n) is 17.5. The van der Waals surface area contributed by atoms with Gasteiger partial charge in [0.2, 0.25) is 0 Å². The number of aromatic nitrogens is 2. The molecule has 0 amide bonds. The fraction of sp³-hybridized carbons (Fsp3) is 0. The molecule has 0 N–H and O–H groups in total. The van der Waals surface area contributed by atoms with Gasteiger partial charge in [-0.1, -0.05) is 145 Å². The van der Waals surface area contributed by atoms with Crippen molar-refractivity contribution < 1.29 is 10.2 Å². The van der Waals surface area contributed by atoms with Crippen LogP contribution in [0.15, 0.2) is 170 Å². The molecule has 47 heavy (non-hydrogen) atoms. The lowest BCUT2D eigenvalue weighted by Crippen LogP contribution is -1.97. The number of hydrogen-bond donors (Lipinski definition) is 0. The summed E-state index contributed by atoms with van der Waals surface area (Å²) < 4.78 is 43.2. The van der Waals surface area contributed by atoms with Gasteiger partial charge < -0.3 is 4.74 Å². The first-order chi connectivity index (χ1) is 24.9. The molecule has 0 atom stereocenters. The standard InChI is InChI=1S/C44H28N2O/c1-3-9-29(10-4-1)30-17-21-32(22-18-30)39-28-40(46-44(45-39)35-11-5-2-6-12-35)33-23-19-31(20-24-33)36-25-26-41-38(27-36)37-15-7-13-34-14-8-16-42(47-41)43(34)37/h1-28H/i19D,20D,23D,24D. The molecule has 8 aromatic rings. The Kier molecular flexibility index (Phi) is 5.52. The summed E-state index contributed by atoms with van der Waals surface area (Å²) in [6.45, 7) is 0. The lowest BCUT2D eigenvalue weighted by Gasteiger charge is -2.22. The van der Waals surface area contributed by atoms with E-state index in [9.17, 15) is 5.48 Å². The predicted molar refractivity (Wildman–Crippen MR) is 192 cm³/mol. The fourth-order valence-corrected chi connectivity index (χ4v) is 6.21. The van der Waals surface area contributed by atoms with E-state index in [4.69, 9.17) is 14.7 Å². The first-order valence-corrected chi connectivity index (χ1v) is 15.5. The van der Waals surface area contributed by atoms with E-state index in [1.165, 1.54) is 0 Å². The summed E-state index contributed by atoms with van der Waals surface area (Å²) in [5.74, 6) is 1.89. The summed E-state index contributed by atoms with van der Waals surface area (Å²) >= 11 is 0. The molecule has 3 nitrogen and oxygen atoms in total. The van der Waals surface area contributed by atoms with Crippen LogP contribution in [-0.2, 0) is 0 Å². The number of nitrogens with zero attached hydrogens (tertiary/aromatic N) is 2. The molecule has 0 aliphatic carbocycles. The average Bonchev–Trinajstić information content (AvgIpc) is 3.18. The number of benzene rings is 7. The molecular formula is C44H28N2O. The molecule has 3 heteroatoms. The maximum absolute atomic E-state index is 9.24. The second-order valence-corrected chi connectivity index (χ2v) is 11.5. The molecule has 0 saturated carbocycles. The van der Waals surface area contributed by atoms with Gasteiger partial charge in [0.25, 0.3) is 0 Å². The topological polar surface area (TPSA) is 35.0 Å². The van der Waals surface area contributed by atoms with Crippen molar-refractivity contribution in [2.45, 2.75) is 0 Å². The van der Waals surface area contributed by atoms with E-state index >= 15 is 0 Å². The molecule has 0 bridgehead atoms. The zero-order valence-corrected chi connectivity index (χ0v) is 25.2. The number of ether oxygens (including phenoxy) is 1. The number of rotatable bonds is 5. The highest BCUT2D eigenvalue weighted by atomic mass is 16.5. The Morgan fingerprint density at radius 1 is 0.404 bits per heavy atom. The van der Waals surface area contributed by atoms with Crippen LogP contribution in [0.25, 0.3) is 78.1 Å². The third-order valence-electron chi connectivity index (χ3n) is 8.57. The summed E-state index contributed by atoms with van der Waals surface area (Å²) in [6.07, 6.45) is 0. The average molecular weight is 605 g/mol. The molecule has 1 aliphatic heterocycles. The molecule has 0 saturated heterocycles. The lowest BCUT2D eigenvalue weighted by atomic mass is 9.92. The van der Waals surface area contributed by atoms with Gasteiger partial charge in [-0.15, -0.1) is 0 Å². The molecule has 0 unspecified atom stereocenters. The van der Waals surface area contributed by atoms with Crippen LogP contribution in [0.1, 0.15) is 5.48 Å². The molecule has 0 radical (unpaired) electrons. The molecular weight excluding hydrogens is 572 g/mol. The highest BCUT2D eigenvalue weighted by Crippen LogP contribution is 2.47. The Morgan fingerprint density at radius 3 is 1.74 bits per heavy atom. The smallest absolute Gasteiger partial charge is 0.160 e. The van der Waals surface area contributed by atoms with Crippen LogP contribution in [0.5, 0.6) is 11.5 Å². The van der Waals surface area contributed by atoms with Gasteiger partial charge in [0, 0.05) is 27.6 Å². The number of fused-ring (bicyclic) bond motifs is 2. The summed E-state index contributed by atoms with van der Waals surface area (Å²) in [6, 6.07) is 46.5. The Labute approximate surface area is 279 Å². The fourth-order valence-electron chi connectivity index (χ4n) is 6.21. The van der Waals surface area contributed by atoms with E-state index in [2.05, 4.69) is 12.1 Å². The molecule has 1 aromatic heterocycles. The zero-order chi connectivity index (χ0) is 34.6. The lowest BCUT2D eigenvalue weighted by molar-refractivity contribution is 0.487. The maximum Gasteiger partial charge on any atom is 0.160 e. The van der Waals surface area contributed by atoms with Crippen LogP contribution in [-0.4, -0.2) is 9.97 Å². The van der Waals surface area contributed by atoms with E-state index in [1.54, 1.807) is 12.1 Å². The molecule has 2 heterocycles. The van der Waals surface area contributed by atoms with Crippen LogP contribution in [0, 0.1) is 0 Å². The van der Waals surface area contributed by atoms with Crippen molar-refractivity contribution >= 4 is 10.8 Å². The molecule has 0 spiro atoms. The summed E-state index contributed by atoms with van der Waals surface area (Å²) in [7, 11) is 0. The van der Waals surface area contributed by atoms with Crippen LogP contribution in [0.3, 0.4) is 0 Å². The second kappa shape index (κ2) is 11.2. The van der Waals surface area contributed by atoms with Gasteiger partial charge in [0.05, 0.1) is 16.9 Å². The van der Waals surface area contributed by atoms with Gasteiger partial charge >= 0.3 is 0 Å². The monoisotopic (exact) mass is 604 g/mol. The molecule has 9 rings (SSSR count). The van der Waals surface area contributed by atoms with E-state index < -0.39 is 0 Å². The normalized spacial score (nSPS) is 12.8. The SMILES string of the molecule is [2H]c1c([2H])c(-c2cc(-c3ccc(-c4ccccc4)cc3)nc(-c3ccccc3)n2)c([2H])c([2H])c1-c1ccc2c(c1)-c1cccc3cccc(c13)O2. The van der Waals surface area contributed by atoms with E-state index in [-0.39, 0.29) is 35.3 Å². The van der Waals surface area contributed by atoms with Crippen molar-refractivity contribution in [3.63, 3.8) is 0 Å². The number of hydrogen-bond acceptors (Lipinski definition) is 3. The van der Waals surface area contributed by atoms with Crippen molar-refractivity contribution in [3.8, 4) is 78.8 Å². The van der Waals surface area contributed by atoms with Crippen LogP contribution in [0.4, 0.5) is 0 Å². The van der Waals surface area contributed by atoms with Crippen LogP contribution in [0.2, 0.25) is 0 Å². The molecule has 220 valence electrons. The van der Waals surface area contributed by atoms with Gasteiger partial charge in [-0.05, 0) is 57.5 Å². The highest BCUT2D eigenvalue weighted by molar-refractivity contribution is 6.04. The highest BCUT2D eigenvalue weighted by Gasteiger charge is 2.20. The Morgan fingerprint density at radius 2 is 1.00 bits per heavy atom. The maximum atomic E-state index is 9.24. The Hall–Kier alpha value is -6.32. The van der Waals surface area contributed by atoms with E-state index in [0.717, 1.165) is 49.9 Å². The van der Waals surface area contributed by atoms with Gasteiger partial charge in [0.15, 0.2) is 5.82 Å². The van der Waals surface area contributed by atoms with Gasteiger partial charge in [-0.25, -0.2) is 9.97 Å². The minimum Gasteiger partial charge on any atom is -0.456 e. The largest absolute Gasteiger partial charge is 0.456 e. The third-order valence-corrected chi connectivity index (χ3v) is 8.57. The van der Waals surface area contributed by atoms with Crippen LogP contribution >= 0.6 is 0 Å². The van der Waals surface area contributed by atoms with Gasteiger partial charge in [0.1, 0.15) is 11.5 Å². The van der Waals surface area contributed by atoms with E-state index in [0.29, 0.717) is 28.5 Å². The quantitative estimate of drug-likeness (QED) is 0.196. The minimum absolute atomic E-state index is 0.121. The third kappa shape index (κ3) is 4.95. The second-order valence-electron chi connectivity index (χ2n) is 11.5. The molecule has 1 aliphatic rings. The summed E-state index contributed by atoms with van der Waals surface area (Å²) in [5.41, 5.74) is 7.48. The first kappa shape index (κ1) is 23.1. The Bertz CT molecular complexity index is 2610.